The lowest BCUT2D eigenvalue weighted by molar-refractivity contribution is 0.587. The molecule has 0 fully saturated rings. The molecule has 0 aliphatic rings. The normalized spacial score (nSPS) is 11.6. The van der Waals surface area contributed by atoms with Crippen LogP contribution in [-0.4, -0.2) is 18.2 Å². The molecule has 1 heterocycles. The molecule has 1 N–H and O–H groups in total. The highest BCUT2D eigenvalue weighted by atomic mass is 79.9. The molecule has 92 valence electrons. The van der Waals surface area contributed by atoms with Crippen LogP contribution in [0.5, 0.6) is 0 Å². The summed E-state index contributed by atoms with van der Waals surface area (Å²) in [5.74, 6) is 0. The molecule has 0 aliphatic carbocycles. The summed E-state index contributed by atoms with van der Waals surface area (Å²) >= 11 is 3.55. The molecule has 0 atom stereocenters. The molecule has 1 aromatic heterocycles. The zero-order valence-electron chi connectivity index (χ0n) is 10.6. The molecule has 2 aromatic rings. The minimum atomic E-state index is 0.494. The monoisotopic (exact) mass is 294 g/mol. The maximum Gasteiger partial charge on any atom is 0.0496 e. The summed E-state index contributed by atoms with van der Waals surface area (Å²) in [5, 5.41) is 4.54. The topological polar surface area (TPSA) is 17.0 Å². The molecule has 0 saturated carbocycles. The number of halogens is 1. The number of aromatic nitrogens is 1. The van der Waals surface area contributed by atoms with E-state index in [9.17, 15) is 0 Å². The van der Waals surface area contributed by atoms with Crippen LogP contribution in [-0.2, 0) is 6.42 Å². The average molecular weight is 295 g/mol. The van der Waals surface area contributed by atoms with Crippen LogP contribution in [0.1, 0.15) is 25.6 Å². The van der Waals surface area contributed by atoms with E-state index in [1.165, 1.54) is 16.6 Å². The van der Waals surface area contributed by atoms with Crippen molar-refractivity contribution in [1.29, 1.82) is 0 Å². The Bertz CT molecular complexity index is 514. The van der Waals surface area contributed by atoms with E-state index >= 15 is 0 Å². The minimum absolute atomic E-state index is 0.494. The van der Waals surface area contributed by atoms with Crippen LogP contribution in [0.2, 0.25) is 0 Å². The van der Waals surface area contributed by atoms with Crippen molar-refractivity contribution in [1.82, 2.24) is 9.88 Å². The Morgan fingerprint density at radius 3 is 2.71 bits per heavy atom. The molecular weight excluding hydrogens is 276 g/mol. The Hall–Kier alpha value is -0.800. The van der Waals surface area contributed by atoms with Crippen LogP contribution in [0.3, 0.4) is 0 Å². The molecule has 0 aliphatic heterocycles. The van der Waals surface area contributed by atoms with E-state index in [0.29, 0.717) is 6.04 Å². The zero-order chi connectivity index (χ0) is 12.4. The number of nitrogens with one attached hydrogen (secondary N) is 1. The van der Waals surface area contributed by atoms with Crippen LogP contribution in [0.25, 0.3) is 10.9 Å². The molecule has 0 saturated heterocycles. The predicted octanol–water partition coefficient (Wildman–Crippen LogP) is 3.75. The highest BCUT2D eigenvalue weighted by Gasteiger charge is 2.11. The third kappa shape index (κ3) is 2.55. The highest BCUT2D eigenvalue weighted by molar-refractivity contribution is 9.10. The van der Waals surface area contributed by atoms with Gasteiger partial charge in [0.15, 0.2) is 0 Å². The Morgan fingerprint density at radius 2 is 2.06 bits per heavy atom. The first-order valence-corrected chi connectivity index (χ1v) is 6.86. The van der Waals surface area contributed by atoms with E-state index in [2.05, 4.69) is 63.9 Å². The maximum atomic E-state index is 3.55. The lowest BCUT2D eigenvalue weighted by Gasteiger charge is -2.14. The van der Waals surface area contributed by atoms with Crippen LogP contribution in [0, 0.1) is 0 Å². The van der Waals surface area contributed by atoms with Crippen molar-refractivity contribution in [3.05, 3.63) is 34.4 Å². The van der Waals surface area contributed by atoms with E-state index in [1.807, 2.05) is 7.05 Å². The number of rotatable bonds is 4. The minimum Gasteiger partial charge on any atom is -0.342 e. The zero-order valence-corrected chi connectivity index (χ0v) is 12.2. The van der Waals surface area contributed by atoms with Gasteiger partial charge in [0.05, 0.1) is 0 Å². The number of likely N-dealkylation sites (N-methyl/N-ethyl adjacent to an activating group) is 1. The average Bonchev–Trinajstić information content (AvgIpc) is 2.63. The smallest absolute Gasteiger partial charge is 0.0496 e. The van der Waals surface area contributed by atoms with Crippen molar-refractivity contribution in [2.75, 3.05) is 13.6 Å². The summed E-state index contributed by atoms with van der Waals surface area (Å²) in [4.78, 5) is 0. The molecule has 2 nitrogen and oxygen atoms in total. The summed E-state index contributed by atoms with van der Waals surface area (Å²) in [7, 11) is 2.00. The number of hydrogen-bond acceptors (Lipinski definition) is 1. The maximum absolute atomic E-state index is 3.55. The molecule has 0 unspecified atom stereocenters. The fraction of sp³-hybridized carbons (Fsp3) is 0.429. The van der Waals surface area contributed by atoms with Crippen molar-refractivity contribution in [3.63, 3.8) is 0 Å². The molecule has 0 radical (unpaired) electrons. The SMILES string of the molecule is CNCCc1cc2ccc(Br)cc2n1C(C)C. The quantitative estimate of drug-likeness (QED) is 0.909. The van der Waals surface area contributed by atoms with Crippen molar-refractivity contribution >= 4 is 26.8 Å². The van der Waals surface area contributed by atoms with Gasteiger partial charge in [0.1, 0.15) is 0 Å². The molecule has 2 rings (SSSR count). The number of fused-ring (bicyclic) bond motifs is 1. The summed E-state index contributed by atoms with van der Waals surface area (Å²) in [6, 6.07) is 9.29. The summed E-state index contributed by atoms with van der Waals surface area (Å²) in [6.07, 6.45) is 1.07. The fourth-order valence-electron chi connectivity index (χ4n) is 2.31. The van der Waals surface area contributed by atoms with E-state index in [-0.39, 0.29) is 0 Å². The van der Waals surface area contributed by atoms with Gasteiger partial charge >= 0.3 is 0 Å². The van der Waals surface area contributed by atoms with Crippen LogP contribution in [0.4, 0.5) is 0 Å². The van der Waals surface area contributed by atoms with E-state index in [1.54, 1.807) is 0 Å². The van der Waals surface area contributed by atoms with Gasteiger partial charge in [0.2, 0.25) is 0 Å². The molecule has 0 amide bonds. The van der Waals surface area contributed by atoms with Gasteiger partial charge < -0.3 is 9.88 Å². The Kier molecular flexibility index (Phi) is 3.89. The number of benzene rings is 1. The second kappa shape index (κ2) is 5.23. The first kappa shape index (κ1) is 12.7. The van der Waals surface area contributed by atoms with Crippen molar-refractivity contribution in [3.8, 4) is 0 Å². The van der Waals surface area contributed by atoms with Crippen LogP contribution >= 0.6 is 15.9 Å². The largest absolute Gasteiger partial charge is 0.342 e. The molecule has 0 bridgehead atoms. The molecule has 1 aromatic carbocycles. The lowest BCUT2D eigenvalue weighted by Crippen LogP contribution is -2.14. The molecule has 0 spiro atoms. The second-order valence-electron chi connectivity index (χ2n) is 4.66. The third-order valence-corrected chi connectivity index (χ3v) is 3.52. The van der Waals surface area contributed by atoms with E-state index < -0.39 is 0 Å². The van der Waals surface area contributed by atoms with Crippen LogP contribution < -0.4 is 5.32 Å². The number of hydrogen-bond donors (Lipinski definition) is 1. The van der Waals surface area contributed by atoms with E-state index in [0.717, 1.165) is 17.4 Å². The van der Waals surface area contributed by atoms with Gasteiger partial charge in [-0.3, -0.25) is 0 Å². The molecule has 17 heavy (non-hydrogen) atoms. The lowest BCUT2D eigenvalue weighted by atomic mass is 10.2. The van der Waals surface area contributed by atoms with Gasteiger partial charge in [-0.25, -0.2) is 0 Å². The first-order chi connectivity index (χ1) is 8.13. The molecular formula is C14H19BrN2. The van der Waals surface area contributed by atoms with Crippen LogP contribution in [0.15, 0.2) is 28.7 Å². The predicted molar refractivity (Wildman–Crippen MR) is 77.7 cm³/mol. The second-order valence-corrected chi connectivity index (χ2v) is 5.57. The van der Waals surface area contributed by atoms with Gasteiger partial charge in [-0.1, -0.05) is 22.0 Å². The number of nitrogens with zero attached hydrogens (tertiary/aromatic N) is 1. The van der Waals surface area contributed by atoms with E-state index in [4.69, 9.17) is 0 Å². The third-order valence-electron chi connectivity index (χ3n) is 3.03. The van der Waals surface area contributed by atoms with Crippen molar-refractivity contribution in [2.24, 2.45) is 0 Å². The van der Waals surface area contributed by atoms with Gasteiger partial charge in [-0.15, -0.1) is 0 Å². The van der Waals surface area contributed by atoms with Crippen molar-refractivity contribution < 1.29 is 0 Å². The first-order valence-electron chi connectivity index (χ1n) is 6.07. The molecule has 3 heteroatoms. The van der Waals surface area contributed by atoms with Gasteiger partial charge in [-0.2, -0.15) is 0 Å². The standard InChI is InChI=1S/C14H19BrN2/c1-10(2)17-13(6-7-16-3)8-11-4-5-12(15)9-14(11)17/h4-5,8-10,16H,6-7H2,1-3H3. The Morgan fingerprint density at radius 1 is 1.29 bits per heavy atom. The fourth-order valence-corrected chi connectivity index (χ4v) is 2.66. The summed E-state index contributed by atoms with van der Waals surface area (Å²) < 4.78 is 3.57. The van der Waals surface area contributed by atoms with Gasteiger partial charge in [0, 0.05) is 34.7 Å². The summed E-state index contributed by atoms with van der Waals surface area (Å²) in [6.45, 7) is 5.50. The van der Waals surface area contributed by atoms with Gasteiger partial charge in [0.25, 0.3) is 0 Å². The van der Waals surface area contributed by atoms with Gasteiger partial charge in [-0.05, 0) is 44.5 Å². The highest BCUT2D eigenvalue weighted by Crippen LogP contribution is 2.27. The Balaban J connectivity index is 2.54. The summed E-state index contributed by atoms with van der Waals surface area (Å²) in [5.41, 5.74) is 2.72. The Labute approximate surface area is 111 Å². The van der Waals surface area contributed by atoms with Crippen molar-refractivity contribution in [2.45, 2.75) is 26.3 Å².